The average molecular weight is 345 g/mol. The number of halogens is 2. The number of imidazole rings is 1. The second kappa shape index (κ2) is 6.37. The molecule has 0 aliphatic carbocycles. The van der Waals surface area contributed by atoms with E-state index in [4.69, 9.17) is 11.6 Å². The lowest BCUT2D eigenvalue weighted by atomic mass is 10.2. The van der Waals surface area contributed by atoms with Crippen molar-refractivity contribution in [1.29, 1.82) is 0 Å². The maximum atomic E-state index is 13.9. The molecular weight excluding hydrogens is 331 g/mol. The van der Waals surface area contributed by atoms with Crippen LogP contribution in [0.2, 0.25) is 0 Å². The van der Waals surface area contributed by atoms with Crippen LogP contribution in [-0.2, 0) is 0 Å². The molecule has 23 heavy (non-hydrogen) atoms. The second-order valence-corrected chi connectivity index (χ2v) is 5.43. The number of hydrogen-bond acceptors (Lipinski definition) is 4. The first-order valence-corrected chi connectivity index (χ1v) is 7.28. The molecule has 10 heteroatoms. The summed E-state index contributed by atoms with van der Waals surface area (Å²) >= 11 is 5.49. The summed E-state index contributed by atoms with van der Waals surface area (Å²) < 4.78 is 15.8. The fraction of sp³-hybridized carbons (Fsp3) is 0.385. The van der Waals surface area contributed by atoms with Gasteiger partial charge in [-0.3, -0.25) is 14.7 Å². The minimum Gasteiger partial charge on any atom is -0.336 e. The van der Waals surface area contributed by atoms with Crippen molar-refractivity contribution in [3.05, 3.63) is 38.5 Å². The minimum absolute atomic E-state index is 0.0427. The highest BCUT2D eigenvalue weighted by Crippen LogP contribution is 2.25. The summed E-state index contributed by atoms with van der Waals surface area (Å²) in [6.07, 6.45) is 0. The van der Waals surface area contributed by atoms with Crippen molar-refractivity contribution in [2.75, 3.05) is 12.4 Å². The topological polar surface area (TPSA) is 99.2 Å². The summed E-state index contributed by atoms with van der Waals surface area (Å²) in [6.45, 7) is 3.48. The number of nitro groups is 1. The molecule has 0 aliphatic heterocycles. The SMILES string of the molecule is CC(C)n1c(=O)n(C(=O)NCCCl)c2cc(F)c([N+](=O)[O-])cc21. The molecule has 0 fully saturated rings. The van der Waals surface area contributed by atoms with Crippen molar-refractivity contribution in [1.82, 2.24) is 14.5 Å². The van der Waals surface area contributed by atoms with E-state index in [0.717, 1.165) is 16.7 Å². The first-order valence-electron chi connectivity index (χ1n) is 6.74. The van der Waals surface area contributed by atoms with Crippen LogP contribution >= 0.6 is 11.6 Å². The van der Waals surface area contributed by atoms with Gasteiger partial charge >= 0.3 is 17.4 Å². The van der Waals surface area contributed by atoms with Gasteiger partial charge in [0.05, 0.1) is 16.0 Å². The molecule has 0 saturated heterocycles. The Morgan fingerprint density at radius 2 is 2.09 bits per heavy atom. The van der Waals surface area contributed by atoms with Gasteiger partial charge in [-0.1, -0.05) is 0 Å². The Morgan fingerprint density at radius 3 is 2.61 bits per heavy atom. The van der Waals surface area contributed by atoms with Gasteiger partial charge in [-0.25, -0.2) is 14.2 Å². The highest BCUT2D eigenvalue weighted by atomic mass is 35.5. The summed E-state index contributed by atoms with van der Waals surface area (Å²) in [5, 5.41) is 13.3. The predicted octanol–water partition coefficient (Wildman–Crippen LogP) is 2.23. The van der Waals surface area contributed by atoms with Crippen molar-refractivity contribution in [3.8, 4) is 0 Å². The molecule has 0 saturated carbocycles. The number of rotatable bonds is 4. The molecule has 1 amide bonds. The van der Waals surface area contributed by atoms with E-state index >= 15 is 0 Å². The number of benzene rings is 1. The van der Waals surface area contributed by atoms with Crippen LogP contribution < -0.4 is 11.0 Å². The lowest BCUT2D eigenvalue weighted by Crippen LogP contribution is -2.38. The standard InChI is InChI=1S/C13H14ClFN4O4/c1-7(2)17-11-6-9(19(22)23)8(15)5-10(11)18(13(17)21)12(20)16-4-3-14/h5-7H,3-4H2,1-2H3,(H,16,20). The molecule has 1 aromatic heterocycles. The van der Waals surface area contributed by atoms with E-state index in [0.29, 0.717) is 0 Å². The van der Waals surface area contributed by atoms with Gasteiger partial charge in [-0.2, -0.15) is 4.39 Å². The van der Waals surface area contributed by atoms with Crippen molar-refractivity contribution < 1.29 is 14.1 Å². The largest absolute Gasteiger partial charge is 0.337 e. The highest BCUT2D eigenvalue weighted by Gasteiger charge is 2.25. The normalized spacial score (nSPS) is 11.2. The summed E-state index contributed by atoms with van der Waals surface area (Å²) in [5.74, 6) is -0.981. The van der Waals surface area contributed by atoms with Crippen LogP contribution in [0.15, 0.2) is 16.9 Å². The van der Waals surface area contributed by atoms with Gasteiger partial charge in [-0.15, -0.1) is 11.6 Å². The van der Waals surface area contributed by atoms with Gasteiger partial charge in [0.25, 0.3) is 0 Å². The molecule has 0 bridgehead atoms. The number of hydrogen-bond donors (Lipinski definition) is 1. The molecule has 0 radical (unpaired) electrons. The number of nitro benzene ring substituents is 1. The Morgan fingerprint density at radius 1 is 1.43 bits per heavy atom. The maximum absolute atomic E-state index is 13.9. The minimum atomic E-state index is -1.12. The van der Waals surface area contributed by atoms with E-state index in [2.05, 4.69) is 5.32 Å². The molecule has 124 valence electrons. The quantitative estimate of drug-likeness (QED) is 0.522. The summed E-state index contributed by atoms with van der Waals surface area (Å²) in [6, 6.07) is 0.622. The molecule has 0 aliphatic rings. The van der Waals surface area contributed by atoms with E-state index < -0.39 is 28.1 Å². The van der Waals surface area contributed by atoms with Crippen molar-refractivity contribution in [2.24, 2.45) is 0 Å². The smallest absolute Gasteiger partial charge is 0.336 e. The number of nitrogens with one attached hydrogen (secondary N) is 1. The zero-order valence-corrected chi connectivity index (χ0v) is 13.1. The molecule has 2 aromatic rings. The number of carbonyl (C=O) groups excluding carboxylic acids is 1. The maximum Gasteiger partial charge on any atom is 0.337 e. The lowest BCUT2D eigenvalue weighted by molar-refractivity contribution is -0.387. The number of amides is 1. The van der Waals surface area contributed by atoms with Gasteiger partial charge < -0.3 is 5.32 Å². The number of nitrogens with zero attached hydrogens (tertiary/aromatic N) is 3. The number of aromatic nitrogens is 2. The molecule has 0 atom stereocenters. The summed E-state index contributed by atoms with van der Waals surface area (Å²) in [4.78, 5) is 34.6. The highest BCUT2D eigenvalue weighted by molar-refractivity contribution is 6.18. The molecular formula is C13H14ClFN4O4. The van der Waals surface area contributed by atoms with Crippen LogP contribution in [0.5, 0.6) is 0 Å². The van der Waals surface area contributed by atoms with E-state index in [1.165, 1.54) is 4.57 Å². The van der Waals surface area contributed by atoms with Crippen molar-refractivity contribution >= 4 is 34.4 Å². The molecule has 1 aromatic carbocycles. The van der Waals surface area contributed by atoms with Gasteiger partial charge in [0.2, 0.25) is 5.82 Å². The number of carbonyl (C=O) groups is 1. The van der Waals surface area contributed by atoms with Crippen LogP contribution in [0.4, 0.5) is 14.9 Å². The Labute approximate surface area is 134 Å². The third kappa shape index (κ3) is 2.91. The summed E-state index contributed by atoms with van der Waals surface area (Å²) in [7, 11) is 0. The molecule has 0 unspecified atom stereocenters. The summed E-state index contributed by atoms with van der Waals surface area (Å²) in [5.41, 5.74) is -1.40. The zero-order valence-electron chi connectivity index (χ0n) is 12.4. The van der Waals surface area contributed by atoms with Crippen LogP contribution in [0, 0.1) is 15.9 Å². The van der Waals surface area contributed by atoms with Crippen molar-refractivity contribution in [2.45, 2.75) is 19.9 Å². The average Bonchev–Trinajstić information content (AvgIpc) is 2.74. The van der Waals surface area contributed by atoms with E-state index in [-0.39, 0.29) is 29.5 Å². The van der Waals surface area contributed by atoms with Gasteiger partial charge in [0.15, 0.2) is 0 Å². The Balaban J connectivity index is 2.81. The van der Waals surface area contributed by atoms with Crippen LogP contribution in [0.25, 0.3) is 11.0 Å². The van der Waals surface area contributed by atoms with Crippen LogP contribution in [0.1, 0.15) is 19.9 Å². The van der Waals surface area contributed by atoms with E-state index in [9.17, 15) is 24.1 Å². The van der Waals surface area contributed by atoms with Crippen molar-refractivity contribution in [3.63, 3.8) is 0 Å². The monoisotopic (exact) mass is 344 g/mol. The molecule has 1 N–H and O–H groups in total. The third-order valence-corrected chi connectivity index (χ3v) is 3.42. The van der Waals surface area contributed by atoms with Gasteiger partial charge in [-0.05, 0) is 13.8 Å². The second-order valence-electron chi connectivity index (χ2n) is 5.05. The molecule has 2 rings (SSSR count). The third-order valence-electron chi connectivity index (χ3n) is 3.23. The predicted molar refractivity (Wildman–Crippen MR) is 82.7 cm³/mol. The molecule has 1 heterocycles. The van der Waals surface area contributed by atoms with Gasteiger partial charge in [0.1, 0.15) is 0 Å². The Kier molecular flexibility index (Phi) is 4.69. The fourth-order valence-electron chi connectivity index (χ4n) is 2.29. The Hall–Kier alpha value is -2.42. The first-order chi connectivity index (χ1) is 10.8. The zero-order chi connectivity index (χ0) is 17.3. The first kappa shape index (κ1) is 16.9. The fourth-order valence-corrected chi connectivity index (χ4v) is 2.39. The lowest BCUT2D eigenvalue weighted by Gasteiger charge is -2.06. The van der Waals surface area contributed by atoms with E-state index in [1.54, 1.807) is 13.8 Å². The van der Waals surface area contributed by atoms with Gasteiger partial charge in [0, 0.05) is 30.6 Å². The van der Waals surface area contributed by atoms with Crippen LogP contribution in [0.3, 0.4) is 0 Å². The van der Waals surface area contributed by atoms with E-state index in [1.807, 2.05) is 0 Å². The number of alkyl halides is 1. The molecule has 8 nitrogen and oxygen atoms in total. The Bertz CT molecular complexity index is 843. The molecule has 0 spiro atoms. The number of fused-ring (bicyclic) bond motifs is 1. The van der Waals surface area contributed by atoms with Crippen LogP contribution in [-0.4, -0.2) is 32.5 Å².